The Morgan fingerprint density at radius 2 is 1.76 bits per heavy atom. The van der Waals surface area contributed by atoms with Gasteiger partial charge in [0.1, 0.15) is 12.1 Å². The van der Waals surface area contributed by atoms with Crippen LogP contribution in [0, 0.1) is 16.6 Å². The summed E-state index contributed by atoms with van der Waals surface area (Å²) in [5.74, 6) is 1.31. The molecule has 0 N–H and O–H groups in total. The number of hydrogen-bond acceptors (Lipinski definition) is 4. The van der Waals surface area contributed by atoms with Crippen LogP contribution in [0.2, 0.25) is 5.02 Å². The Balaban J connectivity index is 0.856. The summed E-state index contributed by atoms with van der Waals surface area (Å²) in [6.07, 6.45) is 6.57. The van der Waals surface area contributed by atoms with Crippen LogP contribution in [0.1, 0.15) is 49.0 Å². The number of benzene rings is 1. The maximum atomic E-state index is 13.2. The van der Waals surface area contributed by atoms with Crippen molar-refractivity contribution in [2.75, 3.05) is 39.3 Å². The molecule has 5 aliphatic rings. The summed E-state index contributed by atoms with van der Waals surface area (Å²) in [4.78, 5) is 23.7. The highest BCUT2D eigenvalue weighted by molar-refractivity contribution is 6.31. The van der Waals surface area contributed by atoms with Crippen LogP contribution in [0.3, 0.4) is 0 Å². The fourth-order valence-corrected chi connectivity index (χ4v) is 6.71. The quantitative estimate of drug-likeness (QED) is 0.686. The molecule has 174 valence electrons. The van der Waals surface area contributed by atoms with Crippen LogP contribution in [0.25, 0.3) is 0 Å². The summed E-state index contributed by atoms with van der Waals surface area (Å²) >= 11 is 6.16. The highest BCUT2D eigenvalue weighted by atomic mass is 35.5. The van der Waals surface area contributed by atoms with Crippen molar-refractivity contribution in [3.8, 4) is 0 Å². The van der Waals surface area contributed by atoms with Crippen LogP contribution in [-0.2, 0) is 6.54 Å². The minimum absolute atomic E-state index is 0.200. The first kappa shape index (κ1) is 20.2. The van der Waals surface area contributed by atoms with E-state index in [2.05, 4.69) is 19.7 Å². The van der Waals surface area contributed by atoms with Gasteiger partial charge in [0.15, 0.2) is 5.82 Å². The molecule has 3 saturated heterocycles. The molecule has 2 aromatic rings. The smallest absolute Gasteiger partial charge is 0.320 e. The number of rotatable bonds is 4. The fourth-order valence-electron chi connectivity index (χ4n) is 6.48. The maximum Gasteiger partial charge on any atom is 0.320 e. The van der Waals surface area contributed by atoms with Gasteiger partial charge in [0.25, 0.3) is 0 Å². The molecule has 0 bridgehead atoms. The van der Waals surface area contributed by atoms with E-state index in [9.17, 15) is 9.18 Å². The molecule has 2 aliphatic carbocycles. The molecule has 33 heavy (non-hydrogen) atoms. The first-order valence-electron chi connectivity index (χ1n) is 12.0. The SMILES string of the molecule is O=C(N1CC2(CC(n3cnc(C4CC4)n3)C2)C1)N1CC2(CN(Cc3ccc(F)cc3Cl)C2)C1. The third-order valence-electron chi connectivity index (χ3n) is 8.35. The Kier molecular flexibility index (Phi) is 4.24. The number of halogens is 2. The van der Waals surface area contributed by atoms with Crippen LogP contribution in [0.5, 0.6) is 0 Å². The Hall–Kier alpha value is -2.19. The average molecular weight is 471 g/mol. The summed E-state index contributed by atoms with van der Waals surface area (Å²) in [6.45, 7) is 6.12. The van der Waals surface area contributed by atoms with E-state index in [-0.39, 0.29) is 17.3 Å². The molecule has 2 spiro atoms. The third kappa shape index (κ3) is 3.36. The summed E-state index contributed by atoms with van der Waals surface area (Å²) in [6, 6.07) is 5.25. The van der Waals surface area contributed by atoms with Crippen LogP contribution >= 0.6 is 11.6 Å². The lowest BCUT2D eigenvalue weighted by molar-refractivity contribution is -0.120. The van der Waals surface area contributed by atoms with E-state index in [1.807, 2.05) is 16.1 Å². The van der Waals surface area contributed by atoms with Gasteiger partial charge in [-0.15, -0.1) is 0 Å². The van der Waals surface area contributed by atoms with Crippen molar-refractivity contribution in [3.63, 3.8) is 0 Å². The standard InChI is InChI=1S/C24H28ClFN6O/c25-20-5-18(26)4-3-17(20)8-29-9-24(10-29)13-31(14-24)22(33)30-11-23(12-30)6-19(7-23)32-15-27-21(28-32)16-1-2-16/h3-5,15-16,19H,1-2,6-14H2. The zero-order chi connectivity index (χ0) is 22.4. The molecular weight excluding hydrogens is 443 g/mol. The van der Waals surface area contributed by atoms with Gasteiger partial charge < -0.3 is 9.80 Å². The van der Waals surface area contributed by atoms with E-state index < -0.39 is 0 Å². The minimum atomic E-state index is -0.303. The number of hydrogen-bond donors (Lipinski definition) is 0. The number of carbonyl (C=O) groups excluding carboxylic acids is 1. The fraction of sp³-hybridized carbons (Fsp3) is 0.625. The van der Waals surface area contributed by atoms with Crippen LogP contribution in [0.15, 0.2) is 24.5 Å². The first-order valence-corrected chi connectivity index (χ1v) is 12.4. The Morgan fingerprint density at radius 1 is 1.06 bits per heavy atom. The lowest BCUT2D eigenvalue weighted by Gasteiger charge is -2.63. The number of nitrogens with zero attached hydrogens (tertiary/aromatic N) is 6. The normalized spacial score (nSPS) is 25.5. The summed E-state index contributed by atoms with van der Waals surface area (Å²) in [5.41, 5.74) is 1.49. The Bertz CT molecular complexity index is 1100. The lowest BCUT2D eigenvalue weighted by Crippen LogP contribution is -2.75. The van der Waals surface area contributed by atoms with Crippen LogP contribution in [-0.4, -0.2) is 74.8 Å². The van der Waals surface area contributed by atoms with Crippen molar-refractivity contribution >= 4 is 17.6 Å². The van der Waals surface area contributed by atoms with E-state index in [1.54, 1.807) is 6.07 Å². The van der Waals surface area contributed by atoms with E-state index in [1.165, 1.54) is 25.0 Å². The van der Waals surface area contributed by atoms with Crippen molar-refractivity contribution < 1.29 is 9.18 Å². The zero-order valence-electron chi connectivity index (χ0n) is 18.6. The topological polar surface area (TPSA) is 57.5 Å². The highest BCUT2D eigenvalue weighted by Gasteiger charge is 2.58. The first-order chi connectivity index (χ1) is 15.9. The lowest BCUT2D eigenvalue weighted by atomic mass is 9.60. The molecule has 0 unspecified atom stereocenters. The van der Waals surface area contributed by atoms with Gasteiger partial charge in [0.2, 0.25) is 0 Å². The molecule has 7 rings (SSSR count). The van der Waals surface area contributed by atoms with Crippen molar-refractivity contribution in [1.29, 1.82) is 0 Å². The van der Waals surface area contributed by atoms with E-state index in [0.29, 0.717) is 22.4 Å². The molecular formula is C24H28ClFN6O. The second-order valence-corrected chi connectivity index (χ2v) is 11.7. The van der Waals surface area contributed by atoms with Crippen molar-refractivity contribution in [3.05, 3.63) is 46.8 Å². The van der Waals surface area contributed by atoms with Gasteiger partial charge >= 0.3 is 6.03 Å². The second kappa shape index (κ2) is 6.92. The van der Waals surface area contributed by atoms with E-state index in [0.717, 1.165) is 70.0 Å². The van der Waals surface area contributed by atoms with Crippen LogP contribution in [0.4, 0.5) is 9.18 Å². The minimum Gasteiger partial charge on any atom is -0.323 e. The number of carbonyl (C=O) groups is 1. The van der Waals surface area contributed by atoms with Crippen molar-refractivity contribution in [2.24, 2.45) is 10.8 Å². The monoisotopic (exact) mass is 470 g/mol. The molecule has 1 aromatic carbocycles. The van der Waals surface area contributed by atoms with Gasteiger partial charge in [-0.2, -0.15) is 5.10 Å². The molecule has 2 amide bonds. The predicted molar refractivity (Wildman–Crippen MR) is 120 cm³/mol. The average Bonchev–Trinajstić information content (AvgIpc) is 3.40. The van der Waals surface area contributed by atoms with E-state index in [4.69, 9.17) is 11.6 Å². The summed E-state index contributed by atoms with van der Waals surface area (Å²) in [5, 5.41) is 5.17. The molecule has 9 heteroatoms. The molecule has 3 aliphatic heterocycles. The number of urea groups is 1. The van der Waals surface area contributed by atoms with E-state index >= 15 is 0 Å². The molecule has 2 saturated carbocycles. The summed E-state index contributed by atoms with van der Waals surface area (Å²) in [7, 11) is 0. The third-order valence-corrected chi connectivity index (χ3v) is 8.71. The number of amides is 2. The van der Waals surface area contributed by atoms with Crippen LogP contribution < -0.4 is 0 Å². The largest absolute Gasteiger partial charge is 0.323 e. The summed E-state index contributed by atoms with van der Waals surface area (Å²) < 4.78 is 15.3. The molecule has 1 aromatic heterocycles. The number of aromatic nitrogens is 3. The molecule has 0 atom stereocenters. The van der Waals surface area contributed by atoms with Gasteiger partial charge in [-0.1, -0.05) is 17.7 Å². The Labute approximate surface area is 197 Å². The molecule has 7 nitrogen and oxygen atoms in total. The van der Waals surface area contributed by atoms with Gasteiger partial charge in [0, 0.05) is 67.6 Å². The Morgan fingerprint density at radius 3 is 2.42 bits per heavy atom. The van der Waals surface area contributed by atoms with Gasteiger partial charge in [-0.05, 0) is 43.4 Å². The predicted octanol–water partition coefficient (Wildman–Crippen LogP) is 3.52. The van der Waals surface area contributed by atoms with Gasteiger partial charge in [-0.3, -0.25) is 4.90 Å². The highest BCUT2D eigenvalue weighted by Crippen LogP contribution is 2.54. The van der Waals surface area contributed by atoms with Crippen molar-refractivity contribution in [2.45, 2.75) is 44.2 Å². The van der Waals surface area contributed by atoms with Gasteiger partial charge in [0.05, 0.1) is 6.04 Å². The number of likely N-dealkylation sites (tertiary alicyclic amines) is 3. The second-order valence-electron chi connectivity index (χ2n) is 11.3. The molecule has 4 heterocycles. The zero-order valence-corrected chi connectivity index (χ0v) is 19.3. The maximum absolute atomic E-state index is 13.2. The van der Waals surface area contributed by atoms with Crippen molar-refractivity contribution in [1.82, 2.24) is 29.5 Å². The molecule has 5 fully saturated rings. The molecule has 0 radical (unpaired) electrons. The van der Waals surface area contributed by atoms with Gasteiger partial charge in [-0.25, -0.2) is 18.9 Å².